The maximum Gasteiger partial charge on any atom is 0.407 e. The monoisotopic (exact) mass is 299 g/mol. The molecule has 122 valence electrons. The Morgan fingerprint density at radius 2 is 1.81 bits per heavy atom. The van der Waals surface area contributed by atoms with E-state index in [0.29, 0.717) is 6.54 Å². The predicted octanol–water partition coefficient (Wildman–Crippen LogP) is 1.50. The van der Waals surface area contributed by atoms with E-state index in [2.05, 4.69) is 10.6 Å². The first-order valence-electron chi connectivity index (χ1n) is 7.60. The summed E-state index contributed by atoms with van der Waals surface area (Å²) in [7, 11) is 3.50. The third-order valence-electron chi connectivity index (χ3n) is 3.44. The van der Waals surface area contributed by atoms with Crippen molar-refractivity contribution in [3.63, 3.8) is 0 Å². The van der Waals surface area contributed by atoms with Gasteiger partial charge in [0.2, 0.25) is 5.91 Å². The molecular weight excluding hydrogens is 270 g/mol. The molecule has 2 amide bonds. The van der Waals surface area contributed by atoms with Gasteiger partial charge in [0, 0.05) is 26.2 Å². The van der Waals surface area contributed by atoms with Crippen molar-refractivity contribution in [2.45, 2.75) is 64.1 Å². The Hall–Kier alpha value is -1.30. The highest BCUT2D eigenvalue weighted by Crippen LogP contribution is 2.19. The summed E-state index contributed by atoms with van der Waals surface area (Å²) < 4.78 is 5.27. The molecule has 0 aromatic rings. The van der Waals surface area contributed by atoms with Crippen LogP contribution in [0.15, 0.2) is 0 Å². The van der Waals surface area contributed by atoms with Crippen LogP contribution in [0.3, 0.4) is 0 Å². The second kappa shape index (κ2) is 7.64. The molecule has 1 fully saturated rings. The van der Waals surface area contributed by atoms with Gasteiger partial charge in [-0.05, 0) is 46.5 Å². The summed E-state index contributed by atoms with van der Waals surface area (Å²) in [6, 6.07) is 0.378. The average Bonchev–Trinajstić information content (AvgIpc) is 2.33. The number of rotatable bonds is 4. The molecule has 2 unspecified atom stereocenters. The van der Waals surface area contributed by atoms with Crippen molar-refractivity contribution in [1.29, 1.82) is 0 Å². The summed E-state index contributed by atoms with van der Waals surface area (Å²) in [5.74, 6) is 0.0669. The number of nitrogens with zero attached hydrogens (tertiary/aromatic N) is 1. The van der Waals surface area contributed by atoms with E-state index in [-0.39, 0.29) is 24.1 Å². The lowest BCUT2D eigenvalue weighted by atomic mass is 9.91. The van der Waals surface area contributed by atoms with Crippen molar-refractivity contribution in [3.8, 4) is 0 Å². The van der Waals surface area contributed by atoms with Crippen LogP contribution < -0.4 is 10.6 Å². The molecule has 6 heteroatoms. The van der Waals surface area contributed by atoms with Crippen molar-refractivity contribution in [3.05, 3.63) is 0 Å². The fraction of sp³-hybridized carbons (Fsp3) is 0.867. The Morgan fingerprint density at radius 3 is 2.38 bits per heavy atom. The number of carbonyl (C=O) groups excluding carboxylic acids is 2. The highest BCUT2D eigenvalue weighted by molar-refractivity contribution is 5.77. The quantitative estimate of drug-likeness (QED) is 0.825. The summed E-state index contributed by atoms with van der Waals surface area (Å²) in [5, 5.41) is 6.19. The van der Waals surface area contributed by atoms with Crippen LogP contribution in [-0.4, -0.2) is 55.2 Å². The molecule has 21 heavy (non-hydrogen) atoms. The smallest absolute Gasteiger partial charge is 0.407 e. The van der Waals surface area contributed by atoms with Gasteiger partial charge in [-0.1, -0.05) is 0 Å². The van der Waals surface area contributed by atoms with Gasteiger partial charge in [-0.2, -0.15) is 0 Å². The summed E-state index contributed by atoms with van der Waals surface area (Å²) in [5.41, 5.74) is -0.478. The number of alkyl carbamates (subject to hydrolysis) is 1. The molecule has 2 N–H and O–H groups in total. The Kier molecular flexibility index (Phi) is 6.45. The van der Waals surface area contributed by atoms with Crippen molar-refractivity contribution in [1.82, 2.24) is 15.5 Å². The second-order valence-electron chi connectivity index (χ2n) is 6.88. The number of likely N-dealkylation sites (N-methyl/N-ethyl adjacent to an activating group) is 1. The molecule has 6 nitrogen and oxygen atoms in total. The minimum absolute atomic E-state index is 0.0669. The van der Waals surface area contributed by atoms with Gasteiger partial charge in [0.1, 0.15) is 5.60 Å². The third-order valence-corrected chi connectivity index (χ3v) is 3.44. The predicted molar refractivity (Wildman–Crippen MR) is 82.1 cm³/mol. The normalized spacial score (nSPS) is 22.5. The lowest BCUT2D eigenvalue weighted by molar-refractivity contribution is -0.127. The van der Waals surface area contributed by atoms with E-state index in [9.17, 15) is 9.59 Å². The van der Waals surface area contributed by atoms with Crippen LogP contribution in [0.5, 0.6) is 0 Å². The maximum atomic E-state index is 11.8. The Balaban J connectivity index is 2.35. The molecule has 0 aromatic heterocycles. The summed E-state index contributed by atoms with van der Waals surface area (Å²) >= 11 is 0. The van der Waals surface area contributed by atoms with Crippen LogP contribution in [0.25, 0.3) is 0 Å². The highest BCUT2D eigenvalue weighted by atomic mass is 16.6. The van der Waals surface area contributed by atoms with Crippen molar-refractivity contribution < 1.29 is 14.3 Å². The van der Waals surface area contributed by atoms with E-state index in [1.165, 1.54) is 0 Å². The number of carbonyl (C=O) groups is 2. The fourth-order valence-corrected chi connectivity index (χ4v) is 2.37. The van der Waals surface area contributed by atoms with Gasteiger partial charge in [0.15, 0.2) is 0 Å². The van der Waals surface area contributed by atoms with Crippen LogP contribution in [-0.2, 0) is 9.53 Å². The van der Waals surface area contributed by atoms with Gasteiger partial charge in [-0.25, -0.2) is 4.79 Å². The molecule has 0 bridgehead atoms. The van der Waals surface area contributed by atoms with Gasteiger partial charge < -0.3 is 20.3 Å². The number of nitrogens with one attached hydrogen (secondary N) is 2. The van der Waals surface area contributed by atoms with Gasteiger partial charge >= 0.3 is 6.09 Å². The Morgan fingerprint density at radius 1 is 1.19 bits per heavy atom. The molecule has 0 saturated heterocycles. The average molecular weight is 299 g/mol. The molecular formula is C15H29N3O3. The van der Waals surface area contributed by atoms with Crippen molar-refractivity contribution >= 4 is 12.0 Å². The van der Waals surface area contributed by atoms with Gasteiger partial charge in [-0.15, -0.1) is 0 Å². The van der Waals surface area contributed by atoms with Crippen LogP contribution >= 0.6 is 0 Å². The van der Waals surface area contributed by atoms with E-state index < -0.39 is 5.60 Å². The van der Waals surface area contributed by atoms with E-state index in [0.717, 1.165) is 25.7 Å². The molecule has 1 aliphatic carbocycles. The van der Waals surface area contributed by atoms with Crippen LogP contribution in [0.2, 0.25) is 0 Å². The molecule has 0 aromatic carbocycles. The standard InChI is InChI=1S/C15H29N3O3/c1-15(2,3)21-14(20)17-12-8-6-7-11(9-12)16-10-13(19)18(4)5/h11-12,16H,6-10H2,1-5H3,(H,17,20). The molecule has 0 spiro atoms. The first-order chi connectivity index (χ1) is 9.67. The van der Waals surface area contributed by atoms with E-state index in [1.807, 2.05) is 20.8 Å². The number of amides is 2. The van der Waals surface area contributed by atoms with Crippen LogP contribution in [0.1, 0.15) is 46.5 Å². The number of hydrogen-bond donors (Lipinski definition) is 2. The summed E-state index contributed by atoms with van der Waals surface area (Å²) in [4.78, 5) is 24.9. The molecule has 0 heterocycles. The van der Waals surface area contributed by atoms with E-state index in [4.69, 9.17) is 4.74 Å². The van der Waals surface area contributed by atoms with Crippen LogP contribution in [0.4, 0.5) is 4.79 Å². The lowest BCUT2D eigenvalue weighted by Gasteiger charge is -2.31. The fourth-order valence-electron chi connectivity index (χ4n) is 2.37. The SMILES string of the molecule is CN(C)C(=O)CNC1CCCC(NC(=O)OC(C)(C)C)C1. The first kappa shape index (κ1) is 17.8. The lowest BCUT2D eigenvalue weighted by Crippen LogP contribution is -2.47. The second-order valence-corrected chi connectivity index (χ2v) is 6.88. The van der Waals surface area contributed by atoms with Gasteiger partial charge in [-0.3, -0.25) is 4.79 Å². The Bertz CT molecular complexity index is 364. The number of hydrogen-bond acceptors (Lipinski definition) is 4. The topological polar surface area (TPSA) is 70.7 Å². The van der Waals surface area contributed by atoms with Crippen molar-refractivity contribution in [2.75, 3.05) is 20.6 Å². The summed E-state index contributed by atoms with van der Waals surface area (Å²) in [6.45, 7) is 5.90. The zero-order chi connectivity index (χ0) is 16.0. The van der Waals surface area contributed by atoms with Gasteiger partial charge in [0.05, 0.1) is 6.54 Å². The summed E-state index contributed by atoms with van der Waals surface area (Å²) in [6.07, 6.45) is 3.50. The molecule has 0 aliphatic heterocycles. The molecule has 0 radical (unpaired) electrons. The first-order valence-corrected chi connectivity index (χ1v) is 7.60. The van der Waals surface area contributed by atoms with E-state index >= 15 is 0 Å². The zero-order valence-corrected chi connectivity index (χ0v) is 13.9. The molecule has 1 saturated carbocycles. The largest absolute Gasteiger partial charge is 0.444 e. The molecule has 1 aliphatic rings. The van der Waals surface area contributed by atoms with Crippen molar-refractivity contribution in [2.24, 2.45) is 0 Å². The third kappa shape index (κ3) is 7.32. The highest BCUT2D eigenvalue weighted by Gasteiger charge is 2.25. The minimum Gasteiger partial charge on any atom is -0.444 e. The number of ether oxygens (including phenoxy) is 1. The minimum atomic E-state index is -0.478. The van der Waals surface area contributed by atoms with E-state index in [1.54, 1.807) is 19.0 Å². The van der Waals surface area contributed by atoms with Gasteiger partial charge in [0.25, 0.3) is 0 Å². The Labute approximate surface area is 127 Å². The molecule has 1 rings (SSSR count). The maximum absolute atomic E-state index is 11.8. The van der Waals surface area contributed by atoms with Crippen LogP contribution in [0, 0.1) is 0 Å². The molecule has 2 atom stereocenters. The zero-order valence-electron chi connectivity index (χ0n) is 13.9.